The number of anilines is 1. The average Bonchev–Trinajstić information content (AvgIpc) is 2.60. The summed E-state index contributed by atoms with van der Waals surface area (Å²) < 4.78 is 39.5. The molecule has 2 rings (SSSR count). The Morgan fingerprint density at radius 3 is 2.33 bits per heavy atom. The molecular formula is C18H19F3N2O. The van der Waals surface area contributed by atoms with E-state index in [0.29, 0.717) is 0 Å². The number of halogens is 3. The van der Waals surface area contributed by atoms with Crippen LogP contribution in [0.5, 0.6) is 0 Å². The van der Waals surface area contributed by atoms with Crippen LogP contribution in [0.3, 0.4) is 0 Å². The maximum absolute atomic E-state index is 13.5. The third-order valence-electron chi connectivity index (χ3n) is 3.77. The molecule has 0 fully saturated rings. The third kappa shape index (κ3) is 4.35. The number of carbonyl (C=O) groups excluding carboxylic acids is 1. The van der Waals surface area contributed by atoms with E-state index in [0.717, 1.165) is 24.1 Å². The smallest absolute Gasteiger partial charge is 0.238 e. The first-order chi connectivity index (χ1) is 11.4. The molecule has 1 unspecified atom stereocenters. The van der Waals surface area contributed by atoms with Crippen LogP contribution >= 0.6 is 0 Å². The molecular weight excluding hydrogens is 317 g/mol. The summed E-state index contributed by atoms with van der Waals surface area (Å²) in [7, 11) is 0. The van der Waals surface area contributed by atoms with Crippen molar-refractivity contribution in [3.05, 3.63) is 65.0 Å². The molecule has 0 aliphatic carbocycles. The molecule has 1 atom stereocenters. The van der Waals surface area contributed by atoms with Crippen LogP contribution in [-0.2, 0) is 11.2 Å². The number of amides is 1. The van der Waals surface area contributed by atoms with Crippen molar-refractivity contribution in [1.82, 2.24) is 5.32 Å². The fourth-order valence-corrected chi connectivity index (χ4v) is 2.22. The minimum absolute atomic E-state index is 0.0866. The Morgan fingerprint density at radius 2 is 1.71 bits per heavy atom. The highest BCUT2D eigenvalue weighted by Gasteiger charge is 2.15. The van der Waals surface area contributed by atoms with Crippen molar-refractivity contribution in [2.24, 2.45) is 0 Å². The van der Waals surface area contributed by atoms with Gasteiger partial charge in [-0.15, -0.1) is 0 Å². The van der Waals surface area contributed by atoms with Gasteiger partial charge >= 0.3 is 0 Å². The van der Waals surface area contributed by atoms with E-state index >= 15 is 0 Å². The monoisotopic (exact) mass is 336 g/mol. The van der Waals surface area contributed by atoms with E-state index in [4.69, 9.17) is 0 Å². The fraction of sp³-hybridized carbons (Fsp3) is 0.278. The van der Waals surface area contributed by atoms with Gasteiger partial charge in [-0.25, -0.2) is 13.2 Å². The lowest BCUT2D eigenvalue weighted by molar-refractivity contribution is -0.115. The first-order valence-electron chi connectivity index (χ1n) is 7.68. The second kappa shape index (κ2) is 7.97. The van der Waals surface area contributed by atoms with Gasteiger partial charge in [-0.1, -0.05) is 31.2 Å². The molecule has 24 heavy (non-hydrogen) atoms. The van der Waals surface area contributed by atoms with Gasteiger partial charge in [-0.2, -0.15) is 0 Å². The predicted octanol–water partition coefficient (Wildman–Crippen LogP) is 3.96. The lowest BCUT2D eigenvalue weighted by Gasteiger charge is -2.15. The highest BCUT2D eigenvalue weighted by molar-refractivity contribution is 5.92. The summed E-state index contributed by atoms with van der Waals surface area (Å²) in [6.07, 6.45) is 0.949. The zero-order valence-electron chi connectivity index (χ0n) is 13.5. The minimum Gasteiger partial charge on any atom is -0.322 e. The van der Waals surface area contributed by atoms with Gasteiger partial charge in [0.05, 0.1) is 12.2 Å². The van der Waals surface area contributed by atoms with E-state index in [9.17, 15) is 18.0 Å². The van der Waals surface area contributed by atoms with Gasteiger partial charge in [0.25, 0.3) is 0 Å². The first kappa shape index (κ1) is 18.0. The molecule has 0 radical (unpaired) electrons. The Labute approximate surface area is 138 Å². The van der Waals surface area contributed by atoms with Gasteiger partial charge < -0.3 is 10.6 Å². The second-order valence-corrected chi connectivity index (χ2v) is 5.47. The highest BCUT2D eigenvalue weighted by Crippen LogP contribution is 2.19. The van der Waals surface area contributed by atoms with Crippen LogP contribution in [0.4, 0.5) is 18.9 Å². The summed E-state index contributed by atoms with van der Waals surface area (Å²) in [6, 6.07) is 9.65. The van der Waals surface area contributed by atoms with Crippen LogP contribution in [-0.4, -0.2) is 12.5 Å². The van der Waals surface area contributed by atoms with Crippen molar-refractivity contribution in [3.63, 3.8) is 0 Å². The molecule has 0 spiro atoms. The van der Waals surface area contributed by atoms with E-state index in [-0.39, 0.29) is 18.3 Å². The average molecular weight is 336 g/mol. The zero-order chi connectivity index (χ0) is 17.7. The number of carbonyl (C=O) groups is 1. The van der Waals surface area contributed by atoms with Gasteiger partial charge in [-0.05, 0) is 36.6 Å². The van der Waals surface area contributed by atoms with Gasteiger partial charge in [0.2, 0.25) is 5.91 Å². The quantitative estimate of drug-likeness (QED) is 0.784. The van der Waals surface area contributed by atoms with Crippen LogP contribution in [0.25, 0.3) is 0 Å². The Hall–Kier alpha value is -2.34. The standard InChI is InChI=1S/C18H19F3N2O/c1-3-12-4-6-13(7-5-12)11(2)22-10-16(24)23-15-9-8-14(19)17(20)18(15)21/h4-9,11,22H,3,10H2,1-2H3,(H,23,24). The topological polar surface area (TPSA) is 41.1 Å². The predicted molar refractivity (Wildman–Crippen MR) is 87.2 cm³/mol. The Kier molecular flexibility index (Phi) is 5.98. The van der Waals surface area contributed by atoms with E-state index in [1.807, 2.05) is 31.2 Å². The van der Waals surface area contributed by atoms with Gasteiger partial charge in [0, 0.05) is 6.04 Å². The first-order valence-corrected chi connectivity index (χ1v) is 7.68. The Bertz CT molecular complexity index is 717. The number of nitrogens with one attached hydrogen (secondary N) is 2. The number of hydrogen-bond donors (Lipinski definition) is 2. The van der Waals surface area contributed by atoms with Crippen LogP contribution < -0.4 is 10.6 Å². The van der Waals surface area contributed by atoms with Crippen molar-refractivity contribution in [2.45, 2.75) is 26.3 Å². The second-order valence-electron chi connectivity index (χ2n) is 5.47. The Morgan fingerprint density at radius 1 is 1.04 bits per heavy atom. The molecule has 2 N–H and O–H groups in total. The highest BCUT2D eigenvalue weighted by atomic mass is 19.2. The van der Waals surface area contributed by atoms with Gasteiger partial charge in [0.15, 0.2) is 17.5 Å². The summed E-state index contributed by atoms with van der Waals surface area (Å²) >= 11 is 0. The zero-order valence-corrected chi connectivity index (χ0v) is 13.5. The maximum atomic E-state index is 13.5. The molecule has 0 saturated heterocycles. The minimum atomic E-state index is -1.61. The molecule has 0 saturated carbocycles. The van der Waals surface area contributed by atoms with Crippen LogP contribution in [0.15, 0.2) is 36.4 Å². The summed E-state index contributed by atoms with van der Waals surface area (Å²) in [5, 5.41) is 5.22. The summed E-state index contributed by atoms with van der Waals surface area (Å²) in [5.74, 6) is -4.86. The lowest BCUT2D eigenvalue weighted by Crippen LogP contribution is -2.30. The molecule has 128 valence electrons. The normalized spacial score (nSPS) is 12.0. The number of hydrogen-bond acceptors (Lipinski definition) is 2. The molecule has 1 amide bonds. The molecule has 0 heterocycles. The number of benzene rings is 2. The lowest BCUT2D eigenvalue weighted by atomic mass is 10.1. The van der Waals surface area contributed by atoms with E-state index < -0.39 is 23.4 Å². The van der Waals surface area contributed by atoms with Crippen LogP contribution in [0, 0.1) is 17.5 Å². The van der Waals surface area contributed by atoms with E-state index in [1.54, 1.807) is 0 Å². The van der Waals surface area contributed by atoms with E-state index in [1.165, 1.54) is 5.56 Å². The molecule has 0 aromatic heterocycles. The molecule has 0 aliphatic heterocycles. The van der Waals surface area contributed by atoms with Crippen molar-refractivity contribution >= 4 is 11.6 Å². The van der Waals surface area contributed by atoms with Crippen molar-refractivity contribution in [1.29, 1.82) is 0 Å². The molecule has 2 aromatic rings. The van der Waals surface area contributed by atoms with E-state index in [2.05, 4.69) is 17.6 Å². The fourth-order valence-electron chi connectivity index (χ4n) is 2.22. The summed E-state index contributed by atoms with van der Waals surface area (Å²) in [5.41, 5.74) is 1.84. The van der Waals surface area contributed by atoms with Gasteiger partial charge in [0.1, 0.15) is 0 Å². The third-order valence-corrected chi connectivity index (χ3v) is 3.77. The molecule has 0 bridgehead atoms. The SMILES string of the molecule is CCc1ccc(C(C)NCC(=O)Nc2ccc(F)c(F)c2F)cc1. The largest absolute Gasteiger partial charge is 0.322 e. The number of aryl methyl sites for hydroxylation is 1. The molecule has 3 nitrogen and oxygen atoms in total. The Balaban J connectivity index is 1.92. The van der Waals surface area contributed by atoms with Crippen molar-refractivity contribution in [3.8, 4) is 0 Å². The van der Waals surface area contributed by atoms with Crippen LogP contribution in [0.1, 0.15) is 31.0 Å². The van der Waals surface area contributed by atoms with Crippen molar-refractivity contribution in [2.75, 3.05) is 11.9 Å². The summed E-state index contributed by atoms with van der Waals surface area (Å²) in [4.78, 5) is 11.8. The van der Waals surface area contributed by atoms with Crippen molar-refractivity contribution < 1.29 is 18.0 Å². The molecule has 0 aliphatic rings. The number of rotatable bonds is 6. The van der Waals surface area contributed by atoms with Gasteiger partial charge in [-0.3, -0.25) is 4.79 Å². The molecule has 6 heteroatoms. The maximum Gasteiger partial charge on any atom is 0.238 e. The van der Waals surface area contributed by atoms with Crippen LogP contribution in [0.2, 0.25) is 0 Å². The molecule has 2 aromatic carbocycles. The summed E-state index contributed by atoms with van der Waals surface area (Å²) in [6.45, 7) is 3.87.